The molecule has 0 aliphatic rings. The van der Waals surface area contributed by atoms with E-state index in [0.29, 0.717) is 11.3 Å². The standard InChI is InChI=1S/C16H25F2N3O2.HI/c1-3-4-5-6-9-20-16(19)21-11-12-10-13(22-2)7-8-14(12)23-15(17)18;/h7-8,10,15H,3-6,9,11H2,1-2H3,(H3,19,20,21);1H. The molecule has 0 aliphatic heterocycles. The molecule has 1 aromatic carbocycles. The van der Waals surface area contributed by atoms with Crippen LogP contribution in [0.4, 0.5) is 8.78 Å². The van der Waals surface area contributed by atoms with Gasteiger partial charge >= 0.3 is 6.61 Å². The molecule has 8 heteroatoms. The van der Waals surface area contributed by atoms with E-state index in [1.54, 1.807) is 12.1 Å². The number of methoxy groups -OCH3 is 1. The van der Waals surface area contributed by atoms with Crippen LogP contribution in [0.15, 0.2) is 23.2 Å². The van der Waals surface area contributed by atoms with Gasteiger partial charge < -0.3 is 20.5 Å². The van der Waals surface area contributed by atoms with Crippen molar-refractivity contribution in [2.24, 2.45) is 10.7 Å². The summed E-state index contributed by atoms with van der Waals surface area (Å²) in [7, 11) is 1.50. The molecule has 0 aliphatic carbocycles. The van der Waals surface area contributed by atoms with Gasteiger partial charge in [0.1, 0.15) is 11.5 Å². The zero-order valence-electron chi connectivity index (χ0n) is 14.1. The smallest absolute Gasteiger partial charge is 0.387 e. The van der Waals surface area contributed by atoms with Gasteiger partial charge in [0.2, 0.25) is 0 Å². The minimum absolute atomic E-state index is 0. The van der Waals surface area contributed by atoms with Crippen LogP contribution in [0.1, 0.15) is 38.2 Å². The Morgan fingerprint density at radius 2 is 2.04 bits per heavy atom. The Balaban J connectivity index is 0.00000529. The fourth-order valence-electron chi connectivity index (χ4n) is 2.01. The molecule has 3 N–H and O–H groups in total. The van der Waals surface area contributed by atoms with Gasteiger partial charge in [-0.1, -0.05) is 26.2 Å². The molecule has 0 bridgehead atoms. The van der Waals surface area contributed by atoms with Gasteiger partial charge in [0.25, 0.3) is 0 Å². The largest absolute Gasteiger partial charge is 0.497 e. The molecule has 5 nitrogen and oxygen atoms in total. The third-order valence-electron chi connectivity index (χ3n) is 3.24. The van der Waals surface area contributed by atoms with Crippen molar-refractivity contribution < 1.29 is 18.3 Å². The van der Waals surface area contributed by atoms with Crippen molar-refractivity contribution in [1.29, 1.82) is 0 Å². The van der Waals surface area contributed by atoms with E-state index >= 15 is 0 Å². The maximum absolute atomic E-state index is 12.4. The lowest BCUT2D eigenvalue weighted by Crippen LogP contribution is -2.32. The maximum Gasteiger partial charge on any atom is 0.387 e. The number of hydrogen-bond donors (Lipinski definition) is 2. The molecular formula is C16H26F2IN3O2. The van der Waals surface area contributed by atoms with E-state index in [-0.39, 0.29) is 42.2 Å². The average molecular weight is 457 g/mol. The quantitative estimate of drug-likeness (QED) is 0.242. The Morgan fingerprint density at radius 1 is 1.29 bits per heavy atom. The number of ether oxygens (including phenoxy) is 2. The van der Waals surface area contributed by atoms with E-state index < -0.39 is 6.61 Å². The molecule has 138 valence electrons. The van der Waals surface area contributed by atoms with E-state index in [9.17, 15) is 8.78 Å². The zero-order valence-corrected chi connectivity index (χ0v) is 16.4. The van der Waals surface area contributed by atoms with E-state index in [2.05, 4.69) is 22.0 Å². The minimum Gasteiger partial charge on any atom is -0.497 e. The topological polar surface area (TPSA) is 68.9 Å². The SMILES string of the molecule is CCCCCCNC(N)=NCc1cc(OC)ccc1OC(F)F.I. The second kappa shape index (κ2) is 13.0. The molecule has 1 rings (SSSR count). The monoisotopic (exact) mass is 457 g/mol. The fraction of sp³-hybridized carbons (Fsp3) is 0.562. The summed E-state index contributed by atoms with van der Waals surface area (Å²) in [5.41, 5.74) is 6.26. The van der Waals surface area contributed by atoms with Crippen molar-refractivity contribution in [3.63, 3.8) is 0 Å². The number of aliphatic imine (C=N–C) groups is 1. The van der Waals surface area contributed by atoms with E-state index in [1.165, 1.54) is 26.0 Å². The lowest BCUT2D eigenvalue weighted by Gasteiger charge is -2.11. The first-order valence-electron chi connectivity index (χ1n) is 7.72. The fourth-order valence-corrected chi connectivity index (χ4v) is 2.01. The molecule has 0 aromatic heterocycles. The van der Waals surface area contributed by atoms with Gasteiger partial charge in [-0.05, 0) is 24.6 Å². The number of nitrogens with zero attached hydrogens (tertiary/aromatic N) is 1. The summed E-state index contributed by atoms with van der Waals surface area (Å²) in [6.45, 7) is 0.136. The highest BCUT2D eigenvalue weighted by Gasteiger charge is 2.10. The summed E-state index contributed by atoms with van der Waals surface area (Å²) in [5, 5.41) is 3.01. The Bertz CT molecular complexity index is 502. The second-order valence-corrected chi connectivity index (χ2v) is 5.04. The van der Waals surface area contributed by atoms with E-state index in [4.69, 9.17) is 10.5 Å². The molecule has 0 atom stereocenters. The molecular weight excluding hydrogens is 431 g/mol. The molecule has 0 saturated heterocycles. The van der Waals surface area contributed by atoms with Crippen LogP contribution >= 0.6 is 24.0 Å². The number of unbranched alkanes of at least 4 members (excludes halogenated alkanes) is 3. The van der Waals surface area contributed by atoms with Crippen molar-refractivity contribution in [3.8, 4) is 11.5 Å². The summed E-state index contributed by atoms with van der Waals surface area (Å²) in [4.78, 5) is 4.16. The predicted molar refractivity (Wildman–Crippen MR) is 103 cm³/mol. The molecule has 24 heavy (non-hydrogen) atoms. The van der Waals surface area contributed by atoms with Crippen LogP contribution in [0, 0.1) is 0 Å². The van der Waals surface area contributed by atoms with Gasteiger partial charge in [0.05, 0.1) is 13.7 Å². The van der Waals surface area contributed by atoms with Crippen molar-refractivity contribution in [2.75, 3.05) is 13.7 Å². The first-order valence-corrected chi connectivity index (χ1v) is 7.72. The van der Waals surface area contributed by atoms with E-state index in [0.717, 1.165) is 19.4 Å². The highest BCUT2D eigenvalue weighted by atomic mass is 127. The Kier molecular flexibility index (Phi) is 12.3. The van der Waals surface area contributed by atoms with Gasteiger partial charge in [-0.3, -0.25) is 0 Å². The van der Waals surface area contributed by atoms with Crippen LogP contribution in [0.25, 0.3) is 0 Å². The van der Waals surface area contributed by atoms with Crippen LogP contribution < -0.4 is 20.5 Å². The van der Waals surface area contributed by atoms with Crippen LogP contribution in [0.3, 0.4) is 0 Å². The number of guanidine groups is 1. The summed E-state index contributed by atoms with van der Waals surface area (Å²) >= 11 is 0. The number of alkyl halides is 2. The van der Waals surface area contributed by atoms with Crippen LogP contribution in [0.2, 0.25) is 0 Å². The van der Waals surface area contributed by atoms with E-state index in [1.807, 2.05) is 0 Å². The molecule has 0 spiro atoms. The van der Waals surface area contributed by atoms with Gasteiger partial charge in [0, 0.05) is 12.1 Å². The van der Waals surface area contributed by atoms with Crippen molar-refractivity contribution in [1.82, 2.24) is 5.32 Å². The summed E-state index contributed by atoms with van der Waals surface area (Å²) in [6.07, 6.45) is 4.52. The summed E-state index contributed by atoms with van der Waals surface area (Å²) in [5.74, 6) is 0.899. The molecule has 0 fully saturated rings. The third kappa shape index (κ3) is 9.09. The number of benzene rings is 1. The van der Waals surface area contributed by atoms with Gasteiger partial charge in [0.15, 0.2) is 5.96 Å². The first kappa shape index (κ1) is 22.7. The van der Waals surface area contributed by atoms with Gasteiger partial charge in [-0.15, -0.1) is 24.0 Å². The Hall–Kier alpha value is -1.32. The molecule has 0 radical (unpaired) electrons. The molecule has 0 saturated carbocycles. The number of halogens is 3. The first-order chi connectivity index (χ1) is 11.1. The van der Waals surface area contributed by atoms with Gasteiger partial charge in [-0.2, -0.15) is 8.78 Å². The molecule has 0 unspecified atom stereocenters. The van der Waals surface area contributed by atoms with Crippen LogP contribution in [-0.2, 0) is 6.54 Å². The maximum atomic E-state index is 12.4. The second-order valence-electron chi connectivity index (χ2n) is 5.04. The zero-order chi connectivity index (χ0) is 17.1. The number of rotatable bonds is 10. The van der Waals surface area contributed by atoms with Crippen LogP contribution in [-0.4, -0.2) is 26.2 Å². The summed E-state index contributed by atoms with van der Waals surface area (Å²) < 4.78 is 34.4. The highest BCUT2D eigenvalue weighted by Crippen LogP contribution is 2.26. The lowest BCUT2D eigenvalue weighted by atomic mass is 10.2. The Labute approximate surface area is 159 Å². The molecule has 0 heterocycles. The number of nitrogens with one attached hydrogen (secondary N) is 1. The normalized spacial score (nSPS) is 11.1. The van der Waals surface area contributed by atoms with Gasteiger partial charge in [-0.25, -0.2) is 4.99 Å². The molecule has 0 amide bonds. The average Bonchev–Trinajstić information content (AvgIpc) is 2.53. The summed E-state index contributed by atoms with van der Waals surface area (Å²) in [6, 6.07) is 4.60. The van der Waals surface area contributed by atoms with Crippen molar-refractivity contribution in [3.05, 3.63) is 23.8 Å². The lowest BCUT2D eigenvalue weighted by molar-refractivity contribution is -0.0504. The molecule has 1 aromatic rings. The highest BCUT2D eigenvalue weighted by molar-refractivity contribution is 14.0. The Morgan fingerprint density at radius 3 is 2.67 bits per heavy atom. The van der Waals surface area contributed by atoms with Crippen molar-refractivity contribution in [2.45, 2.75) is 45.8 Å². The number of hydrogen-bond acceptors (Lipinski definition) is 3. The van der Waals surface area contributed by atoms with Crippen molar-refractivity contribution >= 4 is 29.9 Å². The minimum atomic E-state index is -2.89. The van der Waals surface area contributed by atoms with Crippen LogP contribution in [0.5, 0.6) is 11.5 Å². The predicted octanol–water partition coefficient (Wildman–Crippen LogP) is 3.90. The number of nitrogens with two attached hydrogens (primary N) is 1. The third-order valence-corrected chi connectivity index (χ3v) is 3.24.